The lowest BCUT2D eigenvalue weighted by Crippen LogP contribution is -1.95. The minimum atomic E-state index is 0. The van der Waals surface area contributed by atoms with Crippen LogP contribution in [-0.2, 0) is 0 Å². The molecule has 0 atom stereocenters. The van der Waals surface area contributed by atoms with Crippen LogP contribution in [0.4, 0.5) is 0 Å². The molecule has 0 spiro atoms. The van der Waals surface area contributed by atoms with Crippen molar-refractivity contribution in [2.24, 2.45) is 0 Å². The van der Waals surface area contributed by atoms with Gasteiger partial charge in [-0.2, -0.15) is 0 Å². The molecule has 0 aliphatic carbocycles. The molecule has 2 heterocycles. The highest BCUT2D eigenvalue weighted by Gasteiger charge is 2.36. The SMILES string of the molecule is [CH3-].[CH3-].c1ccc(-c2c3[o+]c4ccc5cccc6ccc(c3c(-c3ccccc3)c3[o+]c7ccc8cccc9ccc(c23)c7c89)c4c56)cc1. The maximum Gasteiger partial charge on any atom is 0.371 e. The highest BCUT2D eigenvalue weighted by molar-refractivity contribution is 6.36. The van der Waals surface area contributed by atoms with Crippen molar-refractivity contribution in [1.29, 1.82) is 0 Å². The minimum absolute atomic E-state index is 0. The zero-order valence-corrected chi connectivity index (χ0v) is 26.7. The van der Waals surface area contributed by atoms with Crippen LogP contribution in [0, 0.1) is 14.9 Å². The zero-order valence-electron chi connectivity index (χ0n) is 26.7. The third-order valence-corrected chi connectivity index (χ3v) is 9.97. The average molecular weight is 615 g/mol. The number of rotatable bonds is 2. The molecular formula is C46H30O2. The molecule has 2 aromatic heterocycles. The summed E-state index contributed by atoms with van der Waals surface area (Å²) in [6.07, 6.45) is 0. The molecule has 0 radical (unpaired) electrons. The third-order valence-electron chi connectivity index (χ3n) is 9.97. The molecule has 11 aromatic rings. The van der Waals surface area contributed by atoms with Crippen LogP contribution in [0.2, 0.25) is 0 Å². The molecule has 0 aliphatic heterocycles. The van der Waals surface area contributed by atoms with Crippen LogP contribution in [0.3, 0.4) is 0 Å². The standard InChI is InChI=1S/C44H24O2.2CH3/c1-3-9-25(10-4-1)37-41-31-21-17-27-13-7-15-29-20-24-34(39(31)35(27)29)46-44(41)38(26-11-5-2-6-12-26)42-32-22-18-28-14-8-16-30-19-23-33(45-43(37)42)40(32)36(28)30;;/h1-24H;2*1H3/q+2;2*-1. The Labute approximate surface area is 277 Å². The first-order valence-corrected chi connectivity index (χ1v) is 15.8. The van der Waals surface area contributed by atoms with E-state index in [2.05, 4.69) is 146 Å². The molecule has 9 aromatic carbocycles. The van der Waals surface area contributed by atoms with Crippen molar-refractivity contribution in [2.75, 3.05) is 0 Å². The molecule has 2 heteroatoms. The first-order valence-electron chi connectivity index (χ1n) is 15.8. The lowest BCUT2D eigenvalue weighted by molar-refractivity contribution is 0.656. The Balaban J connectivity index is 0.00000157. The molecule has 0 N–H and O–H groups in total. The fourth-order valence-electron chi connectivity index (χ4n) is 8.09. The first-order chi connectivity index (χ1) is 22.8. The van der Waals surface area contributed by atoms with Gasteiger partial charge in [-0.1, -0.05) is 121 Å². The summed E-state index contributed by atoms with van der Waals surface area (Å²) >= 11 is 0. The van der Waals surface area contributed by atoms with Gasteiger partial charge in [0.15, 0.2) is 0 Å². The van der Waals surface area contributed by atoms with Crippen molar-refractivity contribution in [3.05, 3.63) is 160 Å². The summed E-state index contributed by atoms with van der Waals surface area (Å²) in [7, 11) is 0. The summed E-state index contributed by atoms with van der Waals surface area (Å²) in [6, 6.07) is 52.1. The largest absolute Gasteiger partial charge is 0.371 e. The predicted octanol–water partition coefficient (Wildman–Crippen LogP) is 13.8. The van der Waals surface area contributed by atoms with Gasteiger partial charge >= 0.3 is 22.3 Å². The van der Waals surface area contributed by atoms with Crippen LogP contribution in [0.15, 0.2) is 154 Å². The Morgan fingerprint density at radius 3 is 1.06 bits per heavy atom. The summed E-state index contributed by atoms with van der Waals surface area (Å²) in [5.41, 5.74) is 7.81. The van der Waals surface area contributed by atoms with E-state index >= 15 is 0 Å². The highest BCUT2D eigenvalue weighted by Crippen LogP contribution is 2.52. The van der Waals surface area contributed by atoms with Crippen molar-refractivity contribution in [3.63, 3.8) is 0 Å². The molecule has 0 saturated heterocycles. The van der Waals surface area contributed by atoms with Gasteiger partial charge in [0, 0.05) is 33.7 Å². The fourth-order valence-corrected chi connectivity index (χ4v) is 8.09. The van der Waals surface area contributed by atoms with Crippen LogP contribution in [-0.4, -0.2) is 0 Å². The molecule has 2 nitrogen and oxygen atoms in total. The minimum Gasteiger partial charge on any atom is -0.358 e. The van der Waals surface area contributed by atoms with Crippen molar-refractivity contribution >= 4 is 87.0 Å². The van der Waals surface area contributed by atoms with E-state index in [1.807, 2.05) is 0 Å². The summed E-state index contributed by atoms with van der Waals surface area (Å²) in [4.78, 5) is 0. The van der Waals surface area contributed by atoms with Gasteiger partial charge in [0.2, 0.25) is 0 Å². The van der Waals surface area contributed by atoms with Crippen molar-refractivity contribution in [1.82, 2.24) is 0 Å². The fraction of sp³-hybridized carbons (Fsp3) is 0. The predicted molar refractivity (Wildman–Crippen MR) is 206 cm³/mol. The lowest BCUT2D eigenvalue weighted by atomic mass is 9.85. The Bertz CT molecular complexity index is 2760. The quantitative estimate of drug-likeness (QED) is 0.0837. The van der Waals surface area contributed by atoms with Crippen LogP contribution in [0.1, 0.15) is 0 Å². The molecule has 0 bridgehead atoms. The van der Waals surface area contributed by atoms with Crippen LogP contribution in [0.5, 0.6) is 0 Å². The van der Waals surface area contributed by atoms with Gasteiger partial charge in [-0.15, -0.1) is 0 Å². The molecule has 0 fully saturated rings. The van der Waals surface area contributed by atoms with E-state index in [9.17, 15) is 0 Å². The third kappa shape index (κ3) is 3.57. The van der Waals surface area contributed by atoms with E-state index in [1.165, 1.54) is 43.1 Å². The summed E-state index contributed by atoms with van der Waals surface area (Å²) in [5.74, 6) is 0. The Morgan fingerprint density at radius 2 is 0.667 bits per heavy atom. The van der Waals surface area contributed by atoms with Crippen molar-refractivity contribution in [3.8, 4) is 22.3 Å². The second-order valence-corrected chi connectivity index (χ2v) is 12.4. The normalized spacial score (nSPS) is 11.8. The van der Waals surface area contributed by atoms with Gasteiger partial charge in [0.05, 0.1) is 10.8 Å². The number of benzene rings is 9. The lowest BCUT2D eigenvalue weighted by Gasteiger charge is -2.13. The Kier molecular flexibility index (Phi) is 5.97. The van der Waals surface area contributed by atoms with E-state index in [1.54, 1.807) is 0 Å². The van der Waals surface area contributed by atoms with E-state index in [4.69, 9.17) is 8.83 Å². The molecule has 48 heavy (non-hydrogen) atoms. The van der Waals surface area contributed by atoms with Crippen molar-refractivity contribution in [2.45, 2.75) is 0 Å². The zero-order chi connectivity index (χ0) is 29.9. The summed E-state index contributed by atoms with van der Waals surface area (Å²) in [6.45, 7) is 0. The van der Waals surface area contributed by atoms with Gasteiger partial charge in [-0.3, -0.25) is 0 Å². The summed E-state index contributed by atoms with van der Waals surface area (Å²) in [5, 5.41) is 14.1. The summed E-state index contributed by atoms with van der Waals surface area (Å²) < 4.78 is 14.4. The van der Waals surface area contributed by atoms with E-state index in [0.29, 0.717) is 0 Å². The van der Waals surface area contributed by atoms with E-state index < -0.39 is 0 Å². The number of hydrogen-bond donors (Lipinski definition) is 0. The van der Waals surface area contributed by atoms with Crippen LogP contribution < -0.4 is 0 Å². The topological polar surface area (TPSA) is 22.6 Å². The van der Waals surface area contributed by atoms with Gasteiger partial charge in [0.1, 0.15) is 21.9 Å². The van der Waals surface area contributed by atoms with Crippen LogP contribution >= 0.6 is 0 Å². The average Bonchev–Trinajstić information content (AvgIpc) is 3.12. The molecule has 226 valence electrons. The van der Waals surface area contributed by atoms with Gasteiger partial charge in [-0.05, 0) is 44.8 Å². The van der Waals surface area contributed by atoms with E-state index in [-0.39, 0.29) is 14.9 Å². The monoisotopic (exact) mass is 614 g/mol. The molecule has 0 aliphatic rings. The maximum atomic E-state index is 7.19. The molecule has 0 unspecified atom stereocenters. The molecule has 11 rings (SSSR count). The molecular weight excluding hydrogens is 585 g/mol. The first kappa shape index (κ1) is 28.1. The second-order valence-electron chi connectivity index (χ2n) is 12.4. The maximum absolute atomic E-state index is 7.19. The van der Waals surface area contributed by atoms with E-state index in [0.717, 1.165) is 66.1 Å². The number of fused-ring (bicyclic) bond motifs is 4. The molecule has 0 amide bonds. The Hall–Kier alpha value is -6.12. The van der Waals surface area contributed by atoms with Gasteiger partial charge < -0.3 is 14.9 Å². The van der Waals surface area contributed by atoms with Crippen LogP contribution in [0.25, 0.3) is 109 Å². The van der Waals surface area contributed by atoms with Crippen molar-refractivity contribution < 1.29 is 8.83 Å². The highest BCUT2D eigenvalue weighted by atomic mass is 16.3. The van der Waals surface area contributed by atoms with Gasteiger partial charge in [0.25, 0.3) is 0 Å². The Morgan fingerprint density at radius 1 is 0.292 bits per heavy atom. The molecule has 0 saturated carbocycles. The second kappa shape index (κ2) is 10.2. The smallest absolute Gasteiger partial charge is 0.358 e. The van der Waals surface area contributed by atoms with Gasteiger partial charge in [-0.25, -0.2) is 8.83 Å². The number of hydrogen-bond acceptors (Lipinski definition) is 0.